The van der Waals surface area contributed by atoms with Crippen molar-refractivity contribution in [3.05, 3.63) is 48.0 Å². The van der Waals surface area contributed by atoms with E-state index in [4.69, 9.17) is 0 Å². The number of carboxylic acids is 1. The van der Waals surface area contributed by atoms with Gasteiger partial charge in [0.2, 0.25) is 9.84 Å². The zero-order chi connectivity index (χ0) is 16.8. The number of para-hydroxylation sites is 1. The number of sulfone groups is 1. The summed E-state index contributed by atoms with van der Waals surface area (Å²) in [6, 6.07) is 11.6. The van der Waals surface area contributed by atoms with Crippen molar-refractivity contribution in [1.29, 1.82) is 0 Å². The number of hydrogen-bond acceptors (Lipinski definition) is 4. The van der Waals surface area contributed by atoms with Crippen LogP contribution in [0.4, 0.5) is 11.4 Å². The van der Waals surface area contributed by atoms with Crippen molar-refractivity contribution in [2.75, 3.05) is 11.9 Å². The number of aliphatic carboxylic acids is 1. The minimum atomic E-state index is -3.59. The van der Waals surface area contributed by atoms with Crippen LogP contribution in [0, 0.1) is 0 Å². The van der Waals surface area contributed by atoms with Crippen molar-refractivity contribution < 1.29 is 18.3 Å². The molecule has 2 aromatic rings. The summed E-state index contributed by atoms with van der Waals surface area (Å²) in [6.45, 7) is 1.80. The first kappa shape index (κ1) is 15.6. The van der Waals surface area contributed by atoms with Gasteiger partial charge in [-0.25, -0.2) is 8.42 Å². The van der Waals surface area contributed by atoms with E-state index >= 15 is 0 Å². The first-order valence-electron chi connectivity index (χ1n) is 7.32. The molecule has 0 aromatic heterocycles. The van der Waals surface area contributed by atoms with Crippen molar-refractivity contribution in [3.63, 3.8) is 0 Å². The van der Waals surface area contributed by atoms with E-state index in [0.29, 0.717) is 23.4 Å². The van der Waals surface area contributed by atoms with Crippen molar-refractivity contribution >= 4 is 27.2 Å². The van der Waals surface area contributed by atoms with Crippen LogP contribution in [-0.4, -0.2) is 26.5 Å². The molecule has 5 nitrogen and oxygen atoms in total. The summed E-state index contributed by atoms with van der Waals surface area (Å²) < 4.78 is 25.6. The molecule has 1 aliphatic rings. The molecule has 120 valence electrons. The fourth-order valence-electron chi connectivity index (χ4n) is 3.00. The molecule has 0 amide bonds. The Morgan fingerprint density at radius 2 is 1.78 bits per heavy atom. The molecule has 3 rings (SSSR count). The van der Waals surface area contributed by atoms with E-state index in [1.807, 2.05) is 0 Å². The molecule has 0 bridgehead atoms. The van der Waals surface area contributed by atoms with Crippen LogP contribution >= 0.6 is 0 Å². The van der Waals surface area contributed by atoms with Crippen LogP contribution < -0.4 is 4.90 Å². The van der Waals surface area contributed by atoms with Crippen molar-refractivity contribution in [1.82, 2.24) is 0 Å². The predicted octanol–water partition coefficient (Wildman–Crippen LogP) is 3.18. The first-order chi connectivity index (χ1) is 10.9. The molecule has 1 heterocycles. The summed E-state index contributed by atoms with van der Waals surface area (Å²) in [7, 11) is -1.80. The Morgan fingerprint density at radius 3 is 2.43 bits per heavy atom. The largest absolute Gasteiger partial charge is 0.481 e. The van der Waals surface area contributed by atoms with E-state index in [1.165, 1.54) is 6.07 Å². The number of rotatable bonds is 3. The van der Waals surface area contributed by atoms with Gasteiger partial charge in [-0.05, 0) is 36.2 Å². The summed E-state index contributed by atoms with van der Waals surface area (Å²) in [5.74, 6) is -1.55. The highest BCUT2D eigenvalue weighted by molar-refractivity contribution is 7.92. The van der Waals surface area contributed by atoms with E-state index in [0.717, 1.165) is 0 Å². The lowest BCUT2D eigenvalue weighted by molar-refractivity contribution is -0.138. The highest BCUT2D eigenvalue weighted by atomic mass is 32.2. The molecule has 6 heteroatoms. The Balaban J connectivity index is 2.23. The van der Waals surface area contributed by atoms with Gasteiger partial charge in [0.15, 0.2) is 0 Å². The Morgan fingerprint density at radius 1 is 1.13 bits per heavy atom. The van der Waals surface area contributed by atoms with E-state index in [9.17, 15) is 18.3 Å². The SMILES string of the molecule is CCC(C(=O)O)c1ccc2c(c1)N(C)c1ccccc1S2(=O)=O. The molecule has 1 unspecified atom stereocenters. The Hall–Kier alpha value is -2.34. The lowest BCUT2D eigenvalue weighted by atomic mass is 9.96. The number of anilines is 2. The lowest BCUT2D eigenvalue weighted by Gasteiger charge is -2.30. The second-order valence-electron chi connectivity index (χ2n) is 5.56. The normalized spacial score (nSPS) is 16.3. The monoisotopic (exact) mass is 331 g/mol. The van der Waals surface area contributed by atoms with Gasteiger partial charge in [-0.1, -0.05) is 25.1 Å². The predicted molar refractivity (Wildman–Crippen MR) is 87.1 cm³/mol. The third kappa shape index (κ3) is 2.30. The maximum Gasteiger partial charge on any atom is 0.310 e. The molecule has 23 heavy (non-hydrogen) atoms. The molecule has 0 spiro atoms. The van der Waals surface area contributed by atoms with Gasteiger partial charge < -0.3 is 10.0 Å². The molecule has 1 N–H and O–H groups in total. The molecule has 0 aliphatic carbocycles. The zero-order valence-electron chi connectivity index (χ0n) is 12.9. The quantitative estimate of drug-likeness (QED) is 0.935. The summed E-state index contributed by atoms with van der Waals surface area (Å²) in [4.78, 5) is 13.7. The number of fused-ring (bicyclic) bond motifs is 2. The van der Waals surface area contributed by atoms with Crippen LogP contribution in [0.2, 0.25) is 0 Å². The van der Waals surface area contributed by atoms with Gasteiger partial charge in [0.1, 0.15) is 0 Å². The van der Waals surface area contributed by atoms with Crippen LogP contribution in [0.15, 0.2) is 52.3 Å². The zero-order valence-corrected chi connectivity index (χ0v) is 13.7. The molecular weight excluding hydrogens is 314 g/mol. The van der Waals surface area contributed by atoms with Gasteiger partial charge >= 0.3 is 5.97 Å². The summed E-state index contributed by atoms with van der Waals surface area (Å²) in [5, 5.41) is 9.33. The van der Waals surface area contributed by atoms with Crippen molar-refractivity contribution in [2.24, 2.45) is 0 Å². The summed E-state index contributed by atoms with van der Waals surface area (Å²) >= 11 is 0. The lowest BCUT2D eigenvalue weighted by Crippen LogP contribution is -2.23. The second-order valence-corrected chi connectivity index (χ2v) is 7.44. The fourth-order valence-corrected chi connectivity index (χ4v) is 4.70. The highest BCUT2D eigenvalue weighted by Crippen LogP contribution is 2.44. The van der Waals surface area contributed by atoms with Gasteiger partial charge in [0, 0.05) is 7.05 Å². The van der Waals surface area contributed by atoms with Gasteiger partial charge in [-0.15, -0.1) is 0 Å². The van der Waals surface area contributed by atoms with Crippen LogP contribution in [0.1, 0.15) is 24.8 Å². The van der Waals surface area contributed by atoms with Gasteiger partial charge in [-0.3, -0.25) is 4.79 Å². The van der Waals surface area contributed by atoms with Crippen molar-refractivity contribution in [3.8, 4) is 0 Å². The number of nitrogens with zero attached hydrogens (tertiary/aromatic N) is 1. The van der Waals surface area contributed by atoms with Crippen LogP contribution in [0.3, 0.4) is 0 Å². The molecule has 0 radical (unpaired) electrons. The van der Waals surface area contributed by atoms with Gasteiger partial charge in [0.05, 0.1) is 27.1 Å². The smallest absolute Gasteiger partial charge is 0.310 e. The van der Waals surface area contributed by atoms with E-state index < -0.39 is 21.7 Å². The topological polar surface area (TPSA) is 74.7 Å². The first-order valence-corrected chi connectivity index (χ1v) is 8.80. The summed E-state index contributed by atoms with van der Waals surface area (Å²) in [6.07, 6.45) is 0.446. The molecule has 0 saturated carbocycles. The van der Waals surface area contributed by atoms with Gasteiger partial charge in [0.25, 0.3) is 0 Å². The number of benzene rings is 2. The number of carboxylic acid groups (broad SMARTS) is 1. The molecule has 2 aromatic carbocycles. The minimum Gasteiger partial charge on any atom is -0.481 e. The fraction of sp³-hybridized carbons (Fsp3) is 0.235. The number of hydrogen-bond donors (Lipinski definition) is 1. The second kappa shape index (κ2) is 5.38. The average Bonchev–Trinajstić information content (AvgIpc) is 2.53. The van der Waals surface area contributed by atoms with E-state index in [1.54, 1.807) is 55.3 Å². The van der Waals surface area contributed by atoms with Crippen LogP contribution in [-0.2, 0) is 14.6 Å². The molecular formula is C17H17NO4S. The highest BCUT2D eigenvalue weighted by Gasteiger charge is 2.33. The molecule has 0 fully saturated rings. The third-order valence-corrected chi connectivity index (χ3v) is 6.11. The van der Waals surface area contributed by atoms with Crippen LogP contribution in [0.25, 0.3) is 0 Å². The Bertz CT molecular complexity index is 889. The molecule has 0 saturated heterocycles. The van der Waals surface area contributed by atoms with Crippen molar-refractivity contribution in [2.45, 2.75) is 29.1 Å². The van der Waals surface area contributed by atoms with E-state index in [-0.39, 0.29) is 9.79 Å². The molecule has 1 aliphatic heterocycles. The van der Waals surface area contributed by atoms with Gasteiger partial charge in [-0.2, -0.15) is 0 Å². The maximum absolute atomic E-state index is 12.8. The number of carbonyl (C=O) groups is 1. The van der Waals surface area contributed by atoms with Crippen LogP contribution in [0.5, 0.6) is 0 Å². The summed E-state index contributed by atoms with van der Waals surface area (Å²) in [5.41, 5.74) is 1.72. The average molecular weight is 331 g/mol. The Labute approximate surface area is 135 Å². The standard InChI is InChI=1S/C17H17NO4S/c1-3-12(17(19)20)11-8-9-16-14(10-11)18(2)13-6-4-5-7-15(13)23(16,21)22/h4-10,12H,3H2,1-2H3,(H,19,20). The third-order valence-electron chi connectivity index (χ3n) is 4.26. The maximum atomic E-state index is 12.8. The Kier molecular flexibility index (Phi) is 3.64. The molecule has 1 atom stereocenters. The van der Waals surface area contributed by atoms with E-state index in [2.05, 4.69) is 0 Å². The minimum absolute atomic E-state index is 0.211.